The summed E-state index contributed by atoms with van der Waals surface area (Å²) < 4.78 is 30.9. The van der Waals surface area contributed by atoms with Crippen molar-refractivity contribution in [2.24, 2.45) is 0 Å². The summed E-state index contributed by atoms with van der Waals surface area (Å²) >= 11 is 0. The van der Waals surface area contributed by atoms with Crippen molar-refractivity contribution in [1.82, 2.24) is 20.4 Å². The minimum Gasteiger partial charge on any atom is -0.345 e. The highest BCUT2D eigenvalue weighted by atomic mass is 19.1. The molecule has 3 aromatic rings. The summed E-state index contributed by atoms with van der Waals surface area (Å²) in [5, 5.41) is 6.25. The molecule has 0 saturated carbocycles. The average molecular weight is 344 g/mol. The van der Waals surface area contributed by atoms with Crippen LogP contribution in [0.3, 0.4) is 0 Å². The van der Waals surface area contributed by atoms with E-state index in [1.54, 1.807) is 18.3 Å². The maximum absolute atomic E-state index is 13.1. The van der Waals surface area contributed by atoms with Crippen molar-refractivity contribution >= 4 is 5.91 Å². The van der Waals surface area contributed by atoms with Crippen LogP contribution in [-0.4, -0.2) is 21.0 Å². The number of carbonyl (C=O) groups excluding carboxylic acids is 1. The van der Waals surface area contributed by atoms with Gasteiger partial charge in [-0.15, -0.1) is 0 Å². The van der Waals surface area contributed by atoms with Gasteiger partial charge in [0.05, 0.1) is 6.20 Å². The molecular formula is C17H14F2N4O2. The fourth-order valence-corrected chi connectivity index (χ4v) is 2.16. The normalized spacial score (nSPS) is 10.6. The van der Waals surface area contributed by atoms with Crippen LogP contribution in [0, 0.1) is 11.6 Å². The zero-order chi connectivity index (χ0) is 17.6. The maximum atomic E-state index is 13.1. The maximum Gasteiger partial charge on any atom is 0.292 e. The smallest absolute Gasteiger partial charge is 0.292 e. The molecular weight excluding hydrogens is 330 g/mol. The molecule has 1 aromatic carbocycles. The highest BCUT2D eigenvalue weighted by Gasteiger charge is 2.14. The number of hydrogen-bond acceptors (Lipinski definition) is 5. The molecule has 8 heteroatoms. The van der Waals surface area contributed by atoms with Gasteiger partial charge in [-0.25, -0.2) is 8.78 Å². The van der Waals surface area contributed by atoms with Gasteiger partial charge in [0.1, 0.15) is 11.6 Å². The predicted molar refractivity (Wildman–Crippen MR) is 83.5 cm³/mol. The number of hydrogen-bond donors (Lipinski definition) is 1. The standard InChI is InChI=1S/C17H14F2N4O2/c18-13-4-1-11(2-5-13)9-21-17(24)16-22-15(25-23-16)6-3-12-7-14(19)10-20-8-12/h1-2,4-5,7-8,10H,3,6,9H2,(H,21,24). The van der Waals surface area contributed by atoms with Crippen LogP contribution in [0.25, 0.3) is 0 Å². The van der Waals surface area contributed by atoms with Crippen LogP contribution >= 0.6 is 0 Å². The van der Waals surface area contributed by atoms with Gasteiger partial charge in [0, 0.05) is 19.2 Å². The first-order chi connectivity index (χ1) is 12.1. The van der Waals surface area contributed by atoms with E-state index < -0.39 is 11.7 Å². The molecule has 128 valence electrons. The molecule has 0 fully saturated rings. The Morgan fingerprint density at radius 2 is 1.84 bits per heavy atom. The zero-order valence-electron chi connectivity index (χ0n) is 13.1. The minimum absolute atomic E-state index is 0.0884. The molecule has 2 aromatic heterocycles. The lowest BCUT2D eigenvalue weighted by Crippen LogP contribution is -2.24. The minimum atomic E-state index is -0.494. The van der Waals surface area contributed by atoms with Crippen molar-refractivity contribution in [2.75, 3.05) is 0 Å². The van der Waals surface area contributed by atoms with Crippen LogP contribution in [0.2, 0.25) is 0 Å². The summed E-state index contributed by atoms with van der Waals surface area (Å²) in [6.45, 7) is 0.220. The van der Waals surface area contributed by atoms with Crippen molar-refractivity contribution in [3.8, 4) is 0 Å². The van der Waals surface area contributed by atoms with Gasteiger partial charge in [-0.05, 0) is 35.7 Å². The number of aryl methyl sites for hydroxylation is 2. The van der Waals surface area contributed by atoms with Gasteiger partial charge in [0.15, 0.2) is 0 Å². The summed E-state index contributed by atoms with van der Waals surface area (Å²) in [6.07, 6.45) is 3.50. The van der Waals surface area contributed by atoms with E-state index in [0.717, 1.165) is 11.8 Å². The Hall–Kier alpha value is -3.16. The molecule has 0 radical (unpaired) electrons. The van der Waals surface area contributed by atoms with Gasteiger partial charge in [-0.2, -0.15) is 4.98 Å². The number of rotatable bonds is 6. The SMILES string of the molecule is O=C(NCc1ccc(F)cc1)c1noc(CCc2cncc(F)c2)n1. The number of nitrogens with zero attached hydrogens (tertiary/aromatic N) is 3. The van der Waals surface area contributed by atoms with Gasteiger partial charge >= 0.3 is 0 Å². The van der Waals surface area contributed by atoms with Crippen LogP contribution in [0.1, 0.15) is 27.6 Å². The molecule has 0 atom stereocenters. The molecule has 2 heterocycles. The Kier molecular flexibility index (Phi) is 5.08. The quantitative estimate of drug-likeness (QED) is 0.743. The molecule has 0 aliphatic heterocycles. The second-order valence-electron chi connectivity index (χ2n) is 5.33. The van der Waals surface area contributed by atoms with Crippen LogP contribution in [-0.2, 0) is 19.4 Å². The number of halogens is 2. The molecule has 1 N–H and O–H groups in total. The summed E-state index contributed by atoms with van der Waals surface area (Å²) in [5.41, 5.74) is 1.44. The van der Waals surface area contributed by atoms with Gasteiger partial charge < -0.3 is 9.84 Å². The lowest BCUT2D eigenvalue weighted by molar-refractivity contribution is 0.0937. The van der Waals surface area contributed by atoms with Gasteiger partial charge in [0.2, 0.25) is 5.89 Å². The molecule has 0 spiro atoms. The molecule has 1 amide bonds. The van der Waals surface area contributed by atoms with Crippen LogP contribution in [0.15, 0.2) is 47.2 Å². The number of pyridine rings is 1. The number of nitrogens with one attached hydrogen (secondary N) is 1. The van der Waals surface area contributed by atoms with E-state index in [1.165, 1.54) is 18.2 Å². The second-order valence-corrected chi connectivity index (χ2v) is 5.33. The van der Waals surface area contributed by atoms with Gasteiger partial charge in [0.25, 0.3) is 11.7 Å². The summed E-state index contributed by atoms with van der Waals surface area (Å²) in [7, 11) is 0. The van der Waals surface area contributed by atoms with E-state index in [-0.39, 0.29) is 24.1 Å². The first-order valence-electron chi connectivity index (χ1n) is 7.55. The van der Waals surface area contributed by atoms with Crippen molar-refractivity contribution in [3.63, 3.8) is 0 Å². The van der Waals surface area contributed by atoms with E-state index in [4.69, 9.17) is 4.52 Å². The number of carbonyl (C=O) groups is 1. The molecule has 0 unspecified atom stereocenters. The molecule has 0 aliphatic carbocycles. The Balaban J connectivity index is 1.53. The highest BCUT2D eigenvalue weighted by Crippen LogP contribution is 2.07. The summed E-state index contributed by atoms with van der Waals surface area (Å²) in [6, 6.07) is 7.15. The topological polar surface area (TPSA) is 80.9 Å². The first kappa shape index (κ1) is 16.7. The van der Waals surface area contributed by atoms with Gasteiger partial charge in [-0.1, -0.05) is 17.3 Å². The van der Waals surface area contributed by atoms with E-state index in [9.17, 15) is 13.6 Å². The first-order valence-corrected chi connectivity index (χ1v) is 7.55. The van der Waals surface area contributed by atoms with E-state index in [2.05, 4.69) is 20.4 Å². The van der Waals surface area contributed by atoms with Crippen LogP contribution in [0.5, 0.6) is 0 Å². The van der Waals surface area contributed by atoms with Crippen molar-refractivity contribution in [3.05, 3.63) is 77.2 Å². The Morgan fingerprint density at radius 1 is 1.04 bits per heavy atom. The van der Waals surface area contributed by atoms with Crippen molar-refractivity contribution < 1.29 is 18.1 Å². The van der Waals surface area contributed by atoms with Crippen LogP contribution in [0.4, 0.5) is 8.78 Å². The van der Waals surface area contributed by atoms with Crippen LogP contribution < -0.4 is 5.32 Å². The lowest BCUT2D eigenvalue weighted by atomic mass is 10.1. The fourth-order valence-electron chi connectivity index (χ4n) is 2.16. The molecule has 6 nitrogen and oxygen atoms in total. The third kappa shape index (κ3) is 4.66. The third-order valence-corrected chi connectivity index (χ3v) is 3.43. The largest absolute Gasteiger partial charge is 0.345 e. The molecule has 0 aliphatic rings. The summed E-state index contributed by atoms with van der Waals surface area (Å²) in [5.74, 6) is -1.06. The highest BCUT2D eigenvalue weighted by molar-refractivity contribution is 5.90. The van der Waals surface area contributed by atoms with E-state index in [0.29, 0.717) is 18.4 Å². The molecule has 0 saturated heterocycles. The van der Waals surface area contributed by atoms with Crippen molar-refractivity contribution in [1.29, 1.82) is 0 Å². The lowest BCUT2D eigenvalue weighted by Gasteiger charge is -2.02. The number of aromatic nitrogens is 3. The third-order valence-electron chi connectivity index (χ3n) is 3.43. The molecule has 0 bridgehead atoms. The molecule has 3 rings (SSSR count). The van der Waals surface area contributed by atoms with Crippen molar-refractivity contribution in [2.45, 2.75) is 19.4 Å². The van der Waals surface area contributed by atoms with E-state index in [1.807, 2.05) is 0 Å². The summed E-state index contributed by atoms with van der Waals surface area (Å²) in [4.78, 5) is 19.8. The van der Waals surface area contributed by atoms with E-state index >= 15 is 0 Å². The predicted octanol–water partition coefficient (Wildman–Crippen LogP) is 2.46. The Labute approximate surface area is 141 Å². The number of benzene rings is 1. The second kappa shape index (κ2) is 7.61. The number of amides is 1. The zero-order valence-corrected chi connectivity index (χ0v) is 13.1. The Morgan fingerprint density at radius 3 is 2.60 bits per heavy atom. The Bertz CT molecular complexity index is 865. The molecule has 25 heavy (non-hydrogen) atoms. The average Bonchev–Trinajstić information content (AvgIpc) is 3.08. The van der Waals surface area contributed by atoms with Gasteiger partial charge in [-0.3, -0.25) is 9.78 Å². The fraction of sp³-hybridized carbons (Fsp3) is 0.176. The monoisotopic (exact) mass is 344 g/mol.